The van der Waals surface area contributed by atoms with Crippen molar-refractivity contribution in [1.29, 1.82) is 0 Å². The maximum atomic E-state index is 13.3. The lowest BCUT2D eigenvalue weighted by molar-refractivity contribution is -0.155. The first-order valence-electron chi connectivity index (χ1n) is 4.96. The molecule has 0 fully saturated rings. The van der Waals surface area contributed by atoms with Crippen molar-refractivity contribution < 1.29 is 26.5 Å². The van der Waals surface area contributed by atoms with E-state index in [0.29, 0.717) is 17.4 Å². The van der Waals surface area contributed by atoms with E-state index in [0.717, 1.165) is 6.07 Å². The lowest BCUT2D eigenvalue weighted by atomic mass is 10.2. The van der Waals surface area contributed by atoms with Gasteiger partial charge in [0, 0.05) is 6.07 Å². The van der Waals surface area contributed by atoms with Crippen LogP contribution < -0.4 is 5.73 Å². The summed E-state index contributed by atoms with van der Waals surface area (Å²) in [6.07, 6.45) is -4.66. The number of aromatic nitrogens is 1. The Balaban J connectivity index is 2.31. The molecule has 0 spiro atoms. The van der Waals surface area contributed by atoms with E-state index in [2.05, 4.69) is 9.68 Å². The monoisotopic (exact) mass is 298 g/mol. The number of hydrogen-bond acceptors (Lipinski definition) is 4. The summed E-state index contributed by atoms with van der Waals surface area (Å²) in [5.74, 6) is -4.48. The fourth-order valence-corrected chi connectivity index (χ4v) is 2.24. The van der Waals surface area contributed by atoms with Gasteiger partial charge in [0.05, 0.1) is 16.3 Å². The molecule has 0 aromatic carbocycles. The molecule has 19 heavy (non-hydrogen) atoms. The Morgan fingerprint density at radius 3 is 2.42 bits per heavy atom. The lowest BCUT2D eigenvalue weighted by Crippen LogP contribution is -2.23. The molecule has 104 valence electrons. The molecule has 2 aromatic rings. The number of halogens is 5. The van der Waals surface area contributed by atoms with Gasteiger partial charge in [-0.3, -0.25) is 0 Å². The Labute approximate surface area is 107 Å². The number of nitrogens with zero attached hydrogens (tertiary/aromatic N) is 1. The van der Waals surface area contributed by atoms with Gasteiger partial charge in [-0.25, -0.2) is 0 Å². The first-order chi connectivity index (χ1) is 8.74. The van der Waals surface area contributed by atoms with Crippen LogP contribution in [-0.4, -0.2) is 11.7 Å². The topological polar surface area (TPSA) is 52.0 Å². The van der Waals surface area contributed by atoms with Crippen molar-refractivity contribution in [2.24, 2.45) is 5.73 Å². The first-order valence-corrected chi connectivity index (χ1v) is 5.78. The largest absolute Gasteiger partial charge is 0.452 e. The molecular formula is C10H7F5N2OS. The molecule has 0 aliphatic heterocycles. The molecule has 0 unspecified atom stereocenters. The predicted molar refractivity (Wildman–Crippen MR) is 57.8 cm³/mol. The highest BCUT2D eigenvalue weighted by molar-refractivity contribution is 7.15. The van der Waals surface area contributed by atoms with Gasteiger partial charge in [0.25, 0.3) is 5.92 Å². The van der Waals surface area contributed by atoms with Gasteiger partial charge in [-0.05, 0) is 12.1 Å². The van der Waals surface area contributed by atoms with Crippen LogP contribution in [0.2, 0.25) is 0 Å². The highest BCUT2D eigenvalue weighted by Gasteiger charge is 2.37. The smallest absolute Gasteiger partial charge is 0.351 e. The van der Waals surface area contributed by atoms with E-state index < -0.39 is 24.4 Å². The van der Waals surface area contributed by atoms with Crippen LogP contribution in [0.3, 0.4) is 0 Å². The highest BCUT2D eigenvalue weighted by Crippen LogP contribution is 2.38. The Bertz CT molecular complexity index is 574. The van der Waals surface area contributed by atoms with Gasteiger partial charge in [-0.1, -0.05) is 5.16 Å². The van der Waals surface area contributed by atoms with Crippen molar-refractivity contribution in [3.63, 3.8) is 0 Å². The second-order valence-electron chi connectivity index (χ2n) is 3.65. The zero-order chi connectivity index (χ0) is 14.3. The Morgan fingerprint density at radius 1 is 1.21 bits per heavy atom. The van der Waals surface area contributed by atoms with Crippen molar-refractivity contribution in [3.05, 3.63) is 28.8 Å². The van der Waals surface area contributed by atoms with Crippen molar-refractivity contribution in [2.75, 3.05) is 6.54 Å². The van der Waals surface area contributed by atoms with Crippen LogP contribution in [0.1, 0.15) is 10.6 Å². The van der Waals surface area contributed by atoms with Gasteiger partial charge in [-0.2, -0.15) is 22.0 Å². The van der Waals surface area contributed by atoms with Crippen LogP contribution in [0.25, 0.3) is 10.6 Å². The Kier molecular flexibility index (Phi) is 3.35. The second-order valence-corrected chi connectivity index (χ2v) is 4.73. The summed E-state index contributed by atoms with van der Waals surface area (Å²) in [7, 11) is 0. The molecule has 9 heteroatoms. The minimum Gasteiger partial charge on any atom is -0.351 e. The standard InChI is InChI=1S/C10H7F5N2OS/c11-9(12,4-16)8-2-1-6(19-8)5-3-7(18-17-5)10(13,14)15/h1-3H,4,16H2. The molecular weight excluding hydrogens is 291 g/mol. The quantitative estimate of drug-likeness (QED) is 0.883. The SMILES string of the molecule is NCC(F)(F)c1ccc(-c2cc(C(F)(F)F)on2)s1. The molecule has 0 saturated carbocycles. The maximum absolute atomic E-state index is 13.3. The van der Waals surface area contributed by atoms with Crippen molar-refractivity contribution in [3.8, 4) is 10.6 Å². The van der Waals surface area contributed by atoms with Gasteiger partial charge in [0.15, 0.2) is 0 Å². The van der Waals surface area contributed by atoms with Crippen molar-refractivity contribution in [2.45, 2.75) is 12.1 Å². The fourth-order valence-electron chi connectivity index (χ4n) is 1.30. The van der Waals surface area contributed by atoms with E-state index in [9.17, 15) is 22.0 Å². The Morgan fingerprint density at radius 2 is 1.89 bits per heavy atom. The number of alkyl halides is 5. The summed E-state index contributed by atoms with van der Waals surface area (Å²) >= 11 is 0.622. The van der Waals surface area contributed by atoms with Crippen LogP contribution in [0.5, 0.6) is 0 Å². The summed E-state index contributed by atoms with van der Waals surface area (Å²) < 4.78 is 67.6. The third-order valence-electron chi connectivity index (χ3n) is 2.26. The number of thiophene rings is 1. The molecule has 3 nitrogen and oxygen atoms in total. The van der Waals surface area contributed by atoms with E-state index in [4.69, 9.17) is 5.73 Å². The zero-order valence-electron chi connectivity index (χ0n) is 9.17. The van der Waals surface area contributed by atoms with Gasteiger partial charge in [-0.15, -0.1) is 11.3 Å². The second kappa shape index (κ2) is 4.57. The van der Waals surface area contributed by atoms with Crippen LogP contribution in [0.4, 0.5) is 22.0 Å². The van der Waals surface area contributed by atoms with Gasteiger partial charge in [0.1, 0.15) is 5.69 Å². The van der Waals surface area contributed by atoms with Crippen LogP contribution in [0.15, 0.2) is 22.7 Å². The number of nitrogens with two attached hydrogens (primary N) is 1. The van der Waals surface area contributed by atoms with E-state index >= 15 is 0 Å². The predicted octanol–water partition coefficient (Wildman–Crippen LogP) is 3.47. The maximum Gasteiger partial charge on any atom is 0.452 e. The summed E-state index contributed by atoms with van der Waals surface area (Å²) in [5.41, 5.74) is 4.78. The molecule has 0 atom stereocenters. The third-order valence-corrected chi connectivity index (χ3v) is 3.48. The highest BCUT2D eigenvalue weighted by atomic mass is 32.1. The molecule has 0 saturated heterocycles. The van der Waals surface area contributed by atoms with E-state index in [-0.39, 0.29) is 15.4 Å². The summed E-state index contributed by atoms with van der Waals surface area (Å²) in [6.45, 7) is -0.875. The lowest BCUT2D eigenvalue weighted by Gasteiger charge is -2.10. The molecule has 0 amide bonds. The van der Waals surface area contributed by atoms with Gasteiger partial charge >= 0.3 is 6.18 Å². The van der Waals surface area contributed by atoms with E-state index in [1.54, 1.807) is 0 Å². The minimum atomic E-state index is -4.66. The molecule has 0 aliphatic carbocycles. The van der Waals surface area contributed by atoms with Crippen LogP contribution in [0, 0.1) is 0 Å². The summed E-state index contributed by atoms with van der Waals surface area (Å²) in [6, 6.07) is 3.02. The summed E-state index contributed by atoms with van der Waals surface area (Å²) in [4.78, 5) is -0.177. The molecule has 0 radical (unpaired) electrons. The molecule has 2 N–H and O–H groups in total. The van der Waals surface area contributed by atoms with Crippen molar-refractivity contribution >= 4 is 11.3 Å². The zero-order valence-corrected chi connectivity index (χ0v) is 9.99. The molecule has 0 bridgehead atoms. The van der Waals surface area contributed by atoms with Crippen molar-refractivity contribution in [1.82, 2.24) is 5.16 Å². The van der Waals surface area contributed by atoms with Gasteiger partial charge < -0.3 is 10.3 Å². The molecule has 2 aromatic heterocycles. The fraction of sp³-hybridized carbons (Fsp3) is 0.300. The average molecular weight is 298 g/mol. The first kappa shape index (κ1) is 13.9. The number of rotatable bonds is 3. The van der Waals surface area contributed by atoms with E-state index in [1.807, 2.05) is 0 Å². The average Bonchev–Trinajstić information content (AvgIpc) is 2.96. The summed E-state index contributed by atoms with van der Waals surface area (Å²) in [5, 5.41) is 3.21. The molecule has 2 heterocycles. The number of hydrogen-bond donors (Lipinski definition) is 1. The molecule has 2 rings (SSSR count). The Hall–Kier alpha value is -1.48. The third kappa shape index (κ3) is 2.76. The molecule has 0 aliphatic rings. The minimum absolute atomic E-state index is 0.142. The van der Waals surface area contributed by atoms with E-state index in [1.165, 1.54) is 6.07 Å². The van der Waals surface area contributed by atoms with Gasteiger partial charge in [0.2, 0.25) is 5.76 Å². The van der Waals surface area contributed by atoms with Crippen LogP contribution in [-0.2, 0) is 12.1 Å². The normalized spacial score (nSPS) is 12.9. The van der Waals surface area contributed by atoms with Crippen LogP contribution >= 0.6 is 11.3 Å².